The van der Waals surface area contributed by atoms with Crippen molar-refractivity contribution in [2.45, 2.75) is 20.3 Å². The summed E-state index contributed by atoms with van der Waals surface area (Å²) in [6.45, 7) is 4.19. The van der Waals surface area contributed by atoms with E-state index in [0.717, 1.165) is 22.4 Å². The van der Waals surface area contributed by atoms with Crippen LogP contribution in [0.3, 0.4) is 0 Å². The number of methoxy groups -OCH3 is 1. The van der Waals surface area contributed by atoms with Gasteiger partial charge in [-0.3, -0.25) is 14.5 Å². The summed E-state index contributed by atoms with van der Waals surface area (Å²) >= 11 is 0. The molecule has 0 radical (unpaired) electrons. The topological polar surface area (TPSA) is 58.6 Å². The van der Waals surface area contributed by atoms with E-state index in [1.54, 1.807) is 30.3 Å². The van der Waals surface area contributed by atoms with Gasteiger partial charge in [0.25, 0.3) is 11.8 Å². The van der Waals surface area contributed by atoms with Gasteiger partial charge in [0.05, 0.1) is 12.7 Å². The first-order valence-corrected chi connectivity index (χ1v) is 10.7. The Labute approximate surface area is 192 Å². The van der Waals surface area contributed by atoms with Crippen LogP contribution in [0, 0.1) is 19.7 Å². The van der Waals surface area contributed by atoms with Gasteiger partial charge in [0, 0.05) is 17.8 Å². The maximum Gasteiger partial charge on any atom is 0.278 e. The van der Waals surface area contributed by atoms with Gasteiger partial charge in [0.1, 0.15) is 17.3 Å². The van der Waals surface area contributed by atoms with Crippen LogP contribution in [0.2, 0.25) is 0 Å². The van der Waals surface area contributed by atoms with Crippen molar-refractivity contribution in [1.29, 1.82) is 0 Å². The lowest BCUT2D eigenvalue weighted by atomic mass is 10.0. The largest absolute Gasteiger partial charge is 0.496 e. The summed E-state index contributed by atoms with van der Waals surface area (Å²) < 4.78 is 18.7. The van der Waals surface area contributed by atoms with Crippen LogP contribution in [0.5, 0.6) is 5.75 Å². The fraction of sp³-hybridized carbons (Fsp3) is 0.185. The van der Waals surface area contributed by atoms with Gasteiger partial charge in [-0.2, -0.15) is 0 Å². The minimum absolute atomic E-state index is 0.181. The first-order chi connectivity index (χ1) is 15.9. The summed E-state index contributed by atoms with van der Waals surface area (Å²) in [7, 11) is 1.53. The minimum Gasteiger partial charge on any atom is -0.496 e. The van der Waals surface area contributed by atoms with Crippen LogP contribution in [-0.2, 0) is 16.0 Å². The Balaban J connectivity index is 1.70. The second kappa shape index (κ2) is 9.28. The molecule has 5 nitrogen and oxygen atoms in total. The molecule has 1 aliphatic heterocycles. The van der Waals surface area contributed by atoms with E-state index in [2.05, 4.69) is 5.32 Å². The number of para-hydroxylation sites is 1. The quantitative estimate of drug-likeness (QED) is 0.528. The number of amides is 2. The third kappa shape index (κ3) is 4.51. The molecule has 1 aliphatic rings. The van der Waals surface area contributed by atoms with Crippen LogP contribution in [0.1, 0.15) is 22.3 Å². The van der Waals surface area contributed by atoms with Crippen molar-refractivity contribution in [3.05, 3.63) is 100 Å². The fourth-order valence-corrected chi connectivity index (χ4v) is 3.85. The van der Waals surface area contributed by atoms with E-state index in [1.165, 1.54) is 24.1 Å². The van der Waals surface area contributed by atoms with Crippen molar-refractivity contribution in [1.82, 2.24) is 4.90 Å². The molecule has 0 bridgehead atoms. The highest BCUT2D eigenvalue weighted by Crippen LogP contribution is 2.35. The third-order valence-electron chi connectivity index (χ3n) is 5.86. The molecule has 3 aromatic rings. The lowest BCUT2D eigenvalue weighted by Crippen LogP contribution is -2.34. The number of carbonyl (C=O) groups is 2. The summed E-state index contributed by atoms with van der Waals surface area (Å²) in [6.07, 6.45) is 0.424. The van der Waals surface area contributed by atoms with Gasteiger partial charge in [-0.1, -0.05) is 36.4 Å². The molecule has 1 N–H and O–H groups in total. The predicted octanol–water partition coefficient (Wildman–Crippen LogP) is 4.89. The highest BCUT2D eigenvalue weighted by atomic mass is 19.1. The van der Waals surface area contributed by atoms with Crippen LogP contribution in [0.15, 0.2) is 72.4 Å². The molecule has 6 heteroatoms. The molecule has 0 fully saturated rings. The van der Waals surface area contributed by atoms with E-state index >= 15 is 0 Å². The molecule has 0 saturated carbocycles. The third-order valence-corrected chi connectivity index (χ3v) is 5.86. The van der Waals surface area contributed by atoms with Crippen molar-refractivity contribution in [2.24, 2.45) is 0 Å². The number of benzene rings is 3. The molecule has 2 amide bonds. The van der Waals surface area contributed by atoms with E-state index in [-0.39, 0.29) is 23.6 Å². The zero-order valence-electron chi connectivity index (χ0n) is 18.8. The number of anilines is 1. The molecule has 0 atom stereocenters. The SMILES string of the molecule is COc1ccccc1C1=C(Nc2ccc(C)c(C)c2)C(=O)N(CCc2ccc(F)cc2)C1=O. The monoisotopic (exact) mass is 444 g/mol. The number of imide groups is 1. The van der Waals surface area contributed by atoms with Gasteiger partial charge in [-0.05, 0) is 67.3 Å². The van der Waals surface area contributed by atoms with Crippen LogP contribution in [0.4, 0.5) is 10.1 Å². The van der Waals surface area contributed by atoms with Crippen LogP contribution >= 0.6 is 0 Å². The van der Waals surface area contributed by atoms with Gasteiger partial charge < -0.3 is 10.1 Å². The average Bonchev–Trinajstić information content (AvgIpc) is 3.04. The lowest BCUT2D eigenvalue weighted by Gasteiger charge is -2.15. The number of carbonyl (C=O) groups excluding carboxylic acids is 2. The van der Waals surface area contributed by atoms with Crippen LogP contribution < -0.4 is 10.1 Å². The molecule has 0 aromatic heterocycles. The van der Waals surface area contributed by atoms with Crippen molar-refractivity contribution >= 4 is 23.1 Å². The van der Waals surface area contributed by atoms with Crippen LogP contribution in [-0.4, -0.2) is 30.4 Å². The summed E-state index contributed by atoms with van der Waals surface area (Å²) in [5.74, 6) is -0.611. The first-order valence-electron chi connectivity index (χ1n) is 10.7. The number of halogens is 1. The van der Waals surface area contributed by atoms with Gasteiger partial charge in [0.15, 0.2) is 0 Å². The predicted molar refractivity (Wildman–Crippen MR) is 126 cm³/mol. The van der Waals surface area contributed by atoms with Gasteiger partial charge in [-0.15, -0.1) is 0 Å². The number of rotatable bonds is 7. The number of aryl methyl sites for hydroxylation is 2. The second-order valence-corrected chi connectivity index (χ2v) is 8.01. The van der Waals surface area contributed by atoms with Crippen molar-refractivity contribution in [3.63, 3.8) is 0 Å². The van der Waals surface area contributed by atoms with E-state index in [1.807, 2.05) is 38.1 Å². The molecular weight excluding hydrogens is 419 g/mol. The van der Waals surface area contributed by atoms with E-state index in [9.17, 15) is 14.0 Å². The van der Waals surface area contributed by atoms with Crippen molar-refractivity contribution < 1.29 is 18.7 Å². The number of hydrogen-bond acceptors (Lipinski definition) is 4. The van der Waals surface area contributed by atoms with Gasteiger partial charge >= 0.3 is 0 Å². The minimum atomic E-state index is -0.402. The molecule has 33 heavy (non-hydrogen) atoms. The molecule has 0 unspecified atom stereocenters. The number of nitrogens with zero attached hydrogens (tertiary/aromatic N) is 1. The summed E-state index contributed by atoms with van der Waals surface area (Å²) in [5, 5.41) is 3.19. The molecular formula is C27H25FN2O3. The highest BCUT2D eigenvalue weighted by molar-refractivity contribution is 6.37. The Bertz CT molecular complexity index is 1250. The van der Waals surface area contributed by atoms with Crippen LogP contribution in [0.25, 0.3) is 5.57 Å². The lowest BCUT2D eigenvalue weighted by molar-refractivity contribution is -0.136. The molecule has 168 valence electrons. The standard InChI is InChI=1S/C27H25FN2O3/c1-17-8-13-21(16-18(17)2)29-25-24(22-6-4-5-7-23(22)33-3)26(31)30(27(25)32)15-14-19-9-11-20(28)12-10-19/h4-13,16,29H,14-15H2,1-3H3. The Hall–Kier alpha value is -3.93. The molecule has 0 aliphatic carbocycles. The smallest absolute Gasteiger partial charge is 0.278 e. The molecule has 0 saturated heterocycles. The molecule has 3 aromatic carbocycles. The fourth-order valence-electron chi connectivity index (χ4n) is 3.85. The number of ether oxygens (including phenoxy) is 1. The van der Waals surface area contributed by atoms with E-state index < -0.39 is 11.8 Å². The first kappa shape index (κ1) is 22.3. The summed E-state index contributed by atoms with van der Waals surface area (Å²) in [5.41, 5.74) is 4.81. The maximum absolute atomic E-state index is 13.5. The molecule has 1 heterocycles. The zero-order chi connectivity index (χ0) is 23.5. The normalized spacial score (nSPS) is 13.6. The maximum atomic E-state index is 13.5. The molecule has 0 spiro atoms. The van der Waals surface area contributed by atoms with E-state index in [0.29, 0.717) is 17.7 Å². The Morgan fingerprint density at radius 1 is 0.909 bits per heavy atom. The van der Waals surface area contributed by atoms with Crippen molar-refractivity contribution in [2.75, 3.05) is 19.0 Å². The summed E-state index contributed by atoms with van der Waals surface area (Å²) in [6, 6.07) is 19.0. The summed E-state index contributed by atoms with van der Waals surface area (Å²) in [4.78, 5) is 28.1. The zero-order valence-corrected chi connectivity index (χ0v) is 18.8. The van der Waals surface area contributed by atoms with E-state index in [4.69, 9.17) is 4.74 Å². The van der Waals surface area contributed by atoms with Crippen molar-refractivity contribution in [3.8, 4) is 5.75 Å². The highest BCUT2D eigenvalue weighted by Gasteiger charge is 2.40. The number of hydrogen-bond donors (Lipinski definition) is 1. The van der Waals surface area contributed by atoms with Gasteiger partial charge in [-0.25, -0.2) is 4.39 Å². The Morgan fingerprint density at radius 3 is 2.33 bits per heavy atom. The number of nitrogens with one attached hydrogen (secondary N) is 1. The van der Waals surface area contributed by atoms with Gasteiger partial charge in [0.2, 0.25) is 0 Å². The second-order valence-electron chi connectivity index (χ2n) is 8.01. The Kier molecular flexibility index (Phi) is 6.27. The average molecular weight is 445 g/mol. The Morgan fingerprint density at radius 2 is 1.64 bits per heavy atom. The molecule has 4 rings (SSSR count).